The highest BCUT2D eigenvalue weighted by atomic mass is 79.9. The summed E-state index contributed by atoms with van der Waals surface area (Å²) in [5.41, 5.74) is 0.963. The molecule has 0 aromatic heterocycles. The van der Waals surface area contributed by atoms with Crippen molar-refractivity contribution in [3.8, 4) is 17.2 Å². The zero-order chi connectivity index (χ0) is 20.9. The van der Waals surface area contributed by atoms with Crippen molar-refractivity contribution < 1.29 is 24.2 Å². The van der Waals surface area contributed by atoms with Crippen LogP contribution in [0.5, 0.6) is 17.2 Å². The first-order valence-electron chi connectivity index (χ1n) is 8.28. The number of hydrogen-bond acceptors (Lipinski definition) is 5. The number of phenolic OH excluding ortho intramolecular Hbond substituents is 1. The Bertz CT molecular complexity index is 879. The van der Waals surface area contributed by atoms with E-state index in [9.17, 15) is 14.7 Å². The van der Waals surface area contributed by atoms with Gasteiger partial charge in [-0.25, -0.2) is 0 Å². The van der Waals surface area contributed by atoms with Gasteiger partial charge in [-0.3, -0.25) is 14.5 Å². The van der Waals surface area contributed by atoms with Crippen molar-refractivity contribution in [2.24, 2.45) is 0 Å². The molecule has 0 bridgehead atoms. The quantitative estimate of drug-likeness (QED) is 0.387. The third-order valence-electron chi connectivity index (χ3n) is 5.24. The van der Waals surface area contributed by atoms with E-state index in [0.717, 1.165) is 4.90 Å². The molecule has 3 rings (SSSR count). The molecule has 0 saturated carbocycles. The van der Waals surface area contributed by atoms with Crippen LogP contribution in [0.25, 0.3) is 0 Å². The summed E-state index contributed by atoms with van der Waals surface area (Å²) < 4.78 is 10.9. The number of phenols is 1. The van der Waals surface area contributed by atoms with Crippen molar-refractivity contribution in [2.75, 3.05) is 19.7 Å². The second-order valence-electron chi connectivity index (χ2n) is 6.48. The Morgan fingerprint density at radius 1 is 1.29 bits per heavy atom. The Balaban J connectivity index is 2.38. The fourth-order valence-corrected chi connectivity index (χ4v) is 5.23. The number of benzene rings is 1. The molecular formula is C19H18BrCl2NO5. The molecule has 0 radical (unpaired) electrons. The molecule has 0 spiro atoms. The van der Waals surface area contributed by atoms with E-state index in [0.29, 0.717) is 11.1 Å². The van der Waals surface area contributed by atoms with E-state index >= 15 is 0 Å². The molecule has 2 aliphatic rings. The van der Waals surface area contributed by atoms with E-state index in [4.69, 9.17) is 32.7 Å². The number of rotatable bonds is 5. The lowest BCUT2D eigenvalue weighted by atomic mass is 9.68. The summed E-state index contributed by atoms with van der Waals surface area (Å²) >= 11 is 16.9. The van der Waals surface area contributed by atoms with Crippen LogP contribution >= 0.6 is 39.1 Å². The van der Waals surface area contributed by atoms with Gasteiger partial charge in [0.1, 0.15) is 17.2 Å². The van der Waals surface area contributed by atoms with Crippen molar-refractivity contribution in [3.05, 3.63) is 42.0 Å². The Kier molecular flexibility index (Phi) is 5.47. The number of carbonyl (C=O) groups excluding carboxylic acids is 2. The van der Waals surface area contributed by atoms with E-state index in [1.807, 2.05) is 0 Å². The molecule has 9 heteroatoms. The first kappa shape index (κ1) is 21.0. The van der Waals surface area contributed by atoms with Crippen LogP contribution in [0.4, 0.5) is 0 Å². The minimum Gasteiger partial charge on any atom is -0.508 e. The molecule has 1 aliphatic heterocycles. The number of aromatic hydroxyl groups is 1. The topological polar surface area (TPSA) is 76.1 Å². The lowest BCUT2D eigenvalue weighted by molar-refractivity contribution is -0.138. The largest absolute Gasteiger partial charge is 0.508 e. The fraction of sp³-hybridized carbons (Fsp3) is 0.368. The Morgan fingerprint density at radius 2 is 1.86 bits per heavy atom. The van der Waals surface area contributed by atoms with Crippen molar-refractivity contribution in [1.82, 2.24) is 4.90 Å². The van der Waals surface area contributed by atoms with Crippen LogP contribution < -0.4 is 9.47 Å². The van der Waals surface area contributed by atoms with Gasteiger partial charge in [-0.2, -0.15) is 0 Å². The standard InChI is InChI=1S/C19H18BrCl2NO5/c1-4-10-5-6-18(21)16(25)23(9-20)17(26)19(18,22)15(10)14-12(27-2)7-11(24)8-13(14)28-3/h4-5,7-8,15,24H,1,6,9H2,2-3H3/t15-,18-,19+/m1/s1. The second-order valence-corrected chi connectivity index (χ2v) is 8.22. The molecule has 6 nitrogen and oxygen atoms in total. The third kappa shape index (κ3) is 2.60. The van der Waals surface area contributed by atoms with Crippen LogP contribution in [0.2, 0.25) is 0 Å². The molecule has 3 atom stereocenters. The molecule has 1 aromatic rings. The number of nitrogens with zero attached hydrogens (tertiary/aromatic N) is 1. The number of fused-ring (bicyclic) bond motifs is 1. The minimum atomic E-state index is -1.84. The number of hydrogen-bond donors (Lipinski definition) is 1. The Morgan fingerprint density at radius 3 is 2.32 bits per heavy atom. The van der Waals surface area contributed by atoms with Gasteiger partial charge in [0, 0.05) is 23.6 Å². The third-order valence-corrected chi connectivity index (χ3v) is 7.15. The number of halogens is 3. The van der Waals surface area contributed by atoms with E-state index < -0.39 is 27.5 Å². The van der Waals surface area contributed by atoms with E-state index in [1.54, 1.807) is 12.2 Å². The molecule has 1 aliphatic carbocycles. The maximum Gasteiger partial charge on any atom is 0.254 e. The number of alkyl halides is 3. The highest BCUT2D eigenvalue weighted by Gasteiger charge is 2.73. The molecular weight excluding hydrogens is 473 g/mol. The van der Waals surface area contributed by atoms with Crippen molar-refractivity contribution in [1.29, 1.82) is 0 Å². The molecule has 1 saturated heterocycles. The monoisotopic (exact) mass is 489 g/mol. The average Bonchev–Trinajstić information content (AvgIpc) is 2.83. The van der Waals surface area contributed by atoms with E-state index in [-0.39, 0.29) is 29.1 Å². The van der Waals surface area contributed by atoms with Crippen molar-refractivity contribution in [2.45, 2.75) is 22.1 Å². The number of ether oxygens (including phenoxy) is 2. The van der Waals surface area contributed by atoms with Gasteiger partial charge < -0.3 is 14.6 Å². The summed E-state index contributed by atoms with van der Waals surface area (Å²) in [5.74, 6) is -1.70. The van der Waals surface area contributed by atoms with Gasteiger partial charge in [-0.15, -0.1) is 23.2 Å². The van der Waals surface area contributed by atoms with Crippen LogP contribution in [0.3, 0.4) is 0 Å². The predicted octanol–water partition coefficient (Wildman–Crippen LogP) is 3.69. The van der Waals surface area contributed by atoms with Gasteiger partial charge in [0.15, 0.2) is 9.75 Å². The Labute approximate surface area is 180 Å². The number of imide groups is 1. The van der Waals surface area contributed by atoms with Crippen LogP contribution in [0, 0.1) is 0 Å². The first-order chi connectivity index (χ1) is 13.2. The highest BCUT2D eigenvalue weighted by molar-refractivity contribution is 9.09. The summed E-state index contributed by atoms with van der Waals surface area (Å²) in [6.45, 7) is 3.82. The van der Waals surface area contributed by atoms with Crippen LogP contribution in [0.1, 0.15) is 17.9 Å². The molecule has 0 unspecified atom stereocenters. The van der Waals surface area contributed by atoms with E-state index in [1.165, 1.54) is 26.4 Å². The second kappa shape index (κ2) is 7.28. The van der Waals surface area contributed by atoms with Crippen molar-refractivity contribution in [3.63, 3.8) is 0 Å². The normalized spacial score (nSPS) is 29.4. The van der Waals surface area contributed by atoms with E-state index in [2.05, 4.69) is 22.5 Å². The lowest BCUT2D eigenvalue weighted by Gasteiger charge is -2.42. The Hall–Kier alpha value is -1.70. The smallest absolute Gasteiger partial charge is 0.254 e. The molecule has 28 heavy (non-hydrogen) atoms. The van der Waals surface area contributed by atoms with Gasteiger partial charge in [0.2, 0.25) is 0 Å². The van der Waals surface area contributed by atoms with Gasteiger partial charge in [0.25, 0.3) is 11.8 Å². The lowest BCUT2D eigenvalue weighted by Crippen LogP contribution is -2.55. The molecule has 1 N–H and O–H groups in total. The van der Waals surface area contributed by atoms with Gasteiger partial charge in [0.05, 0.1) is 19.7 Å². The number of carbonyl (C=O) groups is 2. The SMILES string of the molecule is C=CC1=CC[C@@]2(Cl)C(=O)N(CBr)C(=O)[C@@]2(Cl)[C@H]1c1c(OC)cc(O)cc1OC. The van der Waals surface area contributed by atoms with Crippen molar-refractivity contribution >= 4 is 50.9 Å². The highest BCUT2D eigenvalue weighted by Crippen LogP contribution is 2.61. The minimum absolute atomic E-state index is 0.0341. The maximum atomic E-state index is 13.3. The van der Waals surface area contributed by atoms with Gasteiger partial charge in [-0.05, 0) is 12.0 Å². The number of likely N-dealkylation sites (tertiary alicyclic amines) is 1. The zero-order valence-electron chi connectivity index (χ0n) is 15.2. The van der Waals surface area contributed by atoms with Gasteiger partial charge >= 0.3 is 0 Å². The van der Waals surface area contributed by atoms with Crippen LogP contribution in [0.15, 0.2) is 36.4 Å². The average molecular weight is 491 g/mol. The molecule has 2 amide bonds. The number of methoxy groups -OCH3 is 2. The van der Waals surface area contributed by atoms with Gasteiger partial charge in [-0.1, -0.05) is 34.7 Å². The molecule has 1 heterocycles. The summed E-state index contributed by atoms with van der Waals surface area (Å²) in [5, 5.41) is 9.99. The zero-order valence-corrected chi connectivity index (χ0v) is 18.3. The molecule has 1 aromatic carbocycles. The van der Waals surface area contributed by atoms with Crippen LogP contribution in [-0.4, -0.2) is 51.2 Å². The molecule has 150 valence electrons. The summed E-state index contributed by atoms with van der Waals surface area (Å²) in [7, 11) is 2.83. The number of allylic oxidation sites excluding steroid dienone is 3. The fourth-order valence-electron chi connectivity index (χ4n) is 3.91. The summed E-state index contributed by atoms with van der Waals surface area (Å²) in [4.78, 5) is 23.7. The predicted molar refractivity (Wildman–Crippen MR) is 110 cm³/mol. The molecule has 1 fully saturated rings. The van der Waals surface area contributed by atoms with Crippen LogP contribution in [-0.2, 0) is 9.59 Å². The number of amides is 2. The maximum absolute atomic E-state index is 13.3. The first-order valence-corrected chi connectivity index (χ1v) is 10.2. The summed E-state index contributed by atoms with van der Waals surface area (Å²) in [6.07, 6.45) is 3.36. The summed E-state index contributed by atoms with van der Waals surface area (Å²) in [6, 6.07) is 2.76.